The summed E-state index contributed by atoms with van der Waals surface area (Å²) in [5, 5.41) is 0. The number of ether oxygens (including phenoxy) is 1. The van der Waals surface area contributed by atoms with E-state index in [9.17, 15) is 4.79 Å². The lowest BCUT2D eigenvalue weighted by Gasteiger charge is -2.10. The van der Waals surface area contributed by atoms with Crippen LogP contribution >= 0.6 is 0 Å². The first-order valence-electron chi connectivity index (χ1n) is 5.88. The molecule has 17 heavy (non-hydrogen) atoms. The number of nitrogens with two attached hydrogens (primary N) is 2. The Bertz CT molecular complexity index is 432. The molecule has 0 saturated heterocycles. The monoisotopic (exact) mass is 235 g/mol. The first-order valence-corrected chi connectivity index (χ1v) is 5.88. The number of nitrogens with zero attached hydrogens (tertiary/aromatic N) is 1. The summed E-state index contributed by atoms with van der Waals surface area (Å²) in [4.78, 5) is 15.7. The van der Waals surface area contributed by atoms with Crippen molar-refractivity contribution in [2.45, 2.75) is 25.7 Å². The van der Waals surface area contributed by atoms with Gasteiger partial charge in [-0.3, -0.25) is 4.79 Å². The van der Waals surface area contributed by atoms with Crippen molar-refractivity contribution < 1.29 is 9.53 Å². The number of pyridine rings is 1. The summed E-state index contributed by atoms with van der Waals surface area (Å²) in [5.41, 5.74) is 13.2. The van der Waals surface area contributed by atoms with Crippen molar-refractivity contribution in [3.63, 3.8) is 0 Å². The Morgan fingerprint density at radius 2 is 2.29 bits per heavy atom. The summed E-state index contributed by atoms with van der Waals surface area (Å²) < 4.78 is 5.47. The van der Waals surface area contributed by atoms with Crippen LogP contribution in [-0.2, 0) is 12.8 Å². The van der Waals surface area contributed by atoms with E-state index in [4.69, 9.17) is 16.2 Å². The number of fused-ring (bicyclic) bond motifs is 1. The minimum Gasteiger partial charge on any atom is -0.477 e. The van der Waals surface area contributed by atoms with Gasteiger partial charge in [0.2, 0.25) is 5.88 Å². The van der Waals surface area contributed by atoms with E-state index in [0.29, 0.717) is 24.6 Å². The second-order valence-electron chi connectivity index (χ2n) is 4.16. The Labute approximate surface area is 100 Å². The number of aromatic nitrogens is 1. The van der Waals surface area contributed by atoms with Crippen molar-refractivity contribution in [2.75, 3.05) is 13.2 Å². The predicted octanol–water partition coefficient (Wildman–Crippen LogP) is 0.397. The number of aryl methyl sites for hydroxylation is 2. The lowest BCUT2D eigenvalue weighted by Crippen LogP contribution is -2.16. The van der Waals surface area contributed by atoms with Gasteiger partial charge in [0.05, 0.1) is 6.61 Å². The predicted molar refractivity (Wildman–Crippen MR) is 63.9 cm³/mol. The first kappa shape index (κ1) is 11.9. The van der Waals surface area contributed by atoms with Crippen molar-refractivity contribution in [1.29, 1.82) is 0 Å². The number of carbonyl (C=O) groups is 1. The van der Waals surface area contributed by atoms with E-state index in [-0.39, 0.29) is 0 Å². The van der Waals surface area contributed by atoms with Gasteiger partial charge in [-0.1, -0.05) is 0 Å². The Morgan fingerprint density at radius 3 is 3.00 bits per heavy atom. The summed E-state index contributed by atoms with van der Waals surface area (Å²) in [6.45, 7) is 1.01. The van der Waals surface area contributed by atoms with Crippen LogP contribution in [0.15, 0.2) is 6.07 Å². The fourth-order valence-electron chi connectivity index (χ4n) is 1.99. The minimum absolute atomic E-state index is 0.353. The van der Waals surface area contributed by atoms with E-state index in [2.05, 4.69) is 4.98 Å². The summed E-state index contributed by atoms with van der Waals surface area (Å²) in [7, 11) is 0. The molecule has 0 radical (unpaired) electrons. The largest absolute Gasteiger partial charge is 0.477 e. The quantitative estimate of drug-likeness (QED) is 0.722. The van der Waals surface area contributed by atoms with Gasteiger partial charge >= 0.3 is 0 Å². The van der Waals surface area contributed by atoms with Gasteiger partial charge in [0.15, 0.2) is 0 Å². The Balaban J connectivity index is 2.25. The topological polar surface area (TPSA) is 91.2 Å². The molecule has 0 atom stereocenters. The third-order valence-electron chi connectivity index (χ3n) is 2.87. The molecule has 1 heterocycles. The number of primary amides is 1. The number of hydrogen-bond acceptors (Lipinski definition) is 4. The number of carbonyl (C=O) groups excluding carboxylic acids is 1. The van der Waals surface area contributed by atoms with Crippen LogP contribution in [0.5, 0.6) is 5.88 Å². The van der Waals surface area contributed by atoms with Gasteiger partial charge in [0.1, 0.15) is 5.56 Å². The normalized spacial score (nSPS) is 13.5. The van der Waals surface area contributed by atoms with Crippen molar-refractivity contribution in [3.8, 4) is 5.88 Å². The van der Waals surface area contributed by atoms with Crippen LogP contribution in [0.4, 0.5) is 0 Å². The minimum atomic E-state index is -0.491. The molecule has 0 spiro atoms. The van der Waals surface area contributed by atoms with Crippen LogP contribution < -0.4 is 16.2 Å². The van der Waals surface area contributed by atoms with Crippen LogP contribution in [0.2, 0.25) is 0 Å². The van der Waals surface area contributed by atoms with Crippen molar-refractivity contribution >= 4 is 5.91 Å². The van der Waals surface area contributed by atoms with Crippen LogP contribution in [0.25, 0.3) is 0 Å². The molecule has 4 N–H and O–H groups in total. The van der Waals surface area contributed by atoms with Gasteiger partial charge in [0.25, 0.3) is 5.91 Å². The highest BCUT2D eigenvalue weighted by Crippen LogP contribution is 2.26. The maximum atomic E-state index is 11.3. The molecule has 0 bridgehead atoms. The van der Waals surface area contributed by atoms with Gasteiger partial charge in [0, 0.05) is 5.69 Å². The molecule has 0 aromatic carbocycles. The molecule has 5 heteroatoms. The van der Waals surface area contributed by atoms with Gasteiger partial charge < -0.3 is 16.2 Å². The van der Waals surface area contributed by atoms with Crippen molar-refractivity contribution in [3.05, 3.63) is 22.9 Å². The highest BCUT2D eigenvalue weighted by Gasteiger charge is 2.19. The number of hydrogen-bond donors (Lipinski definition) is 2. The van der Waals surface area contributed by atoms with E-state index >= 15 is 0 Å². The van der Waals surface area contributed by atoms with E-state index in [1.54, 1.807) is 0 Å². The molecule has 1 aromatic rings. The van der Waals surface area contributed by atoms with E-state index in [1.807, 2.05) is 6.07 Å². The fourth-order valence-corrected chi connectivity index (χ4v) is 1.99. The molecule has 0 aliphatic heterocycles. The second-order valence-corrected chi connectivity index (χ2v) is 4.16. The smallest absolute Gasteiger partial charge is 0.254 e. The molecule has 1 aromatic heterocycles. The third kappa shape index (κ3) is 2.55. The summed E-state index contributed by atoms with van der Waals surface area (Å²) in [6, 6.07) is 1.81. The molecule has 2 rings (SSSR count). The molecule has 0 unspecified atom stereocenters. The molecule has 0 fully saturated rings. The van der Waals surface area contributed by atoms with Gasteiger partial charge in [-0.15, -0.1) is 0 Å². The Morgan fingerprint density at radius 1 is 1.47 bits per heavy atom. The molecule has 1 aliphatic carbocycles. The Hall–Kier alpha value is -1.62. The van der Waals surface area contributed by atoms with Gasteiger partial charge in [-0.05, 0) is 43.9 Å². The zero-order valence-electron chi connectivity index (χ0n) is 9.74. The molecular formula is C12H17N3O2. The van der Waals surface area contributed by atoms with Crippen LogP contribution in [-0.4, -0.2) is 24.0 Å². The van der Waals surface area contributed by atoms with E-state index in [0.717, 1.165) is 36.9 Å². The maximum Gasteiger partial charge on any atom is 0.254 e. The molecular weight excluding hydrogens is 218 g/mol. The van der Waals surface area contributed by atoms with E-state index < -0.39 is 5.91 Å². The van der Waals surface area contributed by atoms with Crippen molar-refractivity contribution in [2.24, 2.45) is 11.5 Å². The Kier molecular flexibility index (Phi) is 3.58. The van der Waals surface area contributed by atoms with Crippen molar-refractivity contribution in [1.82, 2.24) is 4.98 Å². The van der Waals surface area contributed by atoms with Crippen LogP contribution in [0, 0.1) is 0 Å². The lowest BCUT2D eigenvalue weighted by molar-refractivity contribution is 0.0995. The van der Waals surface area contributed by atoms with Gasteiger partial charge in [-0.25, -0.2) is 4.98 Å². The maximum absolute atomic E-state index is 11.3. The van der Waals surface area contributed by atoms with E-state index in [1.165, 1.54) is 0 Å². The summed E-state index contributed by atoms with van der Waals surface area (Å²) in [6.07, 6.45) is 3.72. The molecule has 0 saturated carbocycles. The summed E-state index contributed by atoms with van der Waals surface area (Å²) >= 11 is 0. The first-order chi connectivity index (χ1) is 8.22. The molecule has 1 amide bonds. The highest BCUT2D eigenvalue weighted by atomic mass is 16.5. The zero-order valence-corrected chi connectivity index (χ0v) is 9.74. The molecule has 5 nitrogen and oxygen atoms in total. The van der Waals surface area contributed by atoms with Crippen LogP contribution in [0.1, 0.15) is 34.5 Å². The fraction of sp³-hybridized carbons (Fsp3) is 0.500. The average Bonchev–Trinajstić information content (AvgIpc) is 2.75. The number of rotatable bonds is 5. The summed E-state index contributed by atoms with van der Waals surface area (Å²) in [5.74, 6) is -0.137. The average molecular weight is 235 g/mol. The third-order valence-corrected chi connectivity index (χ3v) is 2.87. The second kappa shape index (κ2) is 5.14. The molecule has 92 valence electrons. The lowest BCUT2D eigenvalue weighted by atomic mass is 10.1. The number of amides is 1. The molecule has 1 aliphatic rings. The SMILES string of the molecule is NCCCOc1nc2c(cc1C(N)=O)CCC2. The van der Waals surface area contributed by atoms with Crippen LogP contribution in [0.3, 0.4) is 0 Å². The standard InChI is InChI=1S/C12H17N3O2/c13-5-2-6-17-12-9(11(14)16)7-8-3-1-4-10(8)15-12/h7H,1-6,13H2,(H2,14,16). The highest BCUT2D eigenvalue weighted by molar-refractivity contribution is 5.95. The van der Waals surface area contributed by atoms with Gasteiger partial charge in [-0.2, -0.15) is 0 Å². The zero-order chi connectivity index (χ0) is 12.3.